The summed E-state index contributed by atoms with van der Waals surface area (Å²) in [4.78, 5) is 20.9. The van der Waals surface area contributed by atoms with E-state index in [-0.39, 0.29) is 5.56 Å². The third-order valence-electron chi connectivity index (χ3n) is 6.08. The van der Waals surface area contributed by atoms with Gasteiger partial charge in [-0.15, -0.1) is 0 Å². The van der Waals surface area contributed by atoms with Gasteiger partial charge in [0.15, 0.2) is 0 Å². The maximum absolute atomic E-state index is 13.3. The fraction of sp³-hybridized carbons (Fsp3) is 0.360. The molecule has 0 aliphatic carbocycles. The van der Waals surface area contributed by atoms with Gasteiger partial charge in [-0.2, -0.15) is 0 Å². The highest BCUT2D eigenvalue weighted by Crippen LogP contribution is 2.27. The normalized spacial score (nSPS) is 15.9. The zero-order chi connectivity index (χ0) is 24.1. The number of aliphatic hydroxyl groups excluding tert-OH is 1. The van der Waals surface area contributed by atoms with Gasteiger partial charge >= 0.3 is 0 Å². The Balaban J connectivity index is 1.25. The number of methoxy groups -OCH3 is 1. The van der Waals surface area contributed by atoms with E-state index in [0.717, 1.165) is 66.6 Å². The van der Waals surface area contributed by atoms with E-state index in [9.17, 15) is 18.7 Å². The molecule has 4 rings (SSSR count). The number of pyridine rings is 1. The SMILES string of the molecule is COc1ccc2nccc([C@H](O)CN3CCN(CCNC(=O)c4cc(F)cc(F)c4)CC3)c2c1. The fourth-order valence-corrected chi connectivity index (χ4v) is 4.22. The third-order valence-corrected chi connectivity index (χ3v) is 6.08. The maximum atomic E-state index is 13.3. The molecule has 0 unspecified atom stereocenters. The molecule has 3 aromatic rings. The van der Waals surface area contributed by atoms with Crippen LogP contribution in [0, 0.1) is 11.6 Å². The number of aromatic nitrogens is 1. The first kappa shape index (κ1) is 24.0. The summed E-state index contributed by atoms with van der Waals surface area (Å²) in [6.07, 6.45) is 1.05. The molecule has 1 aliphatic rings. The molecule has 1 amide bonds. The van der Waals surface area contributed by atoms with E-state index in [2.05, 4.69) is 20.1 Å². The van der Waals surface area contributed by atoms with Crippen LogP contribution in [0.4, 0.5) is 8.78 Å². The van der Waals surface area contributed by atoms with Crippen molar-refractivity contribution in [2.24, 2.45) is 0 Å². The molecule has 1 fully saturated rings. The largest absolute Gasteiger partial charge is 0.497 e. The van der Waals surface area contributed by atoms with Gasteiger partial charge in [-0.1, -0.05) is 0 Å². The first-order chi connectivity index (χ1) is 16.4. The summed E-state index contributed by atoms with van der Waals surface area (Å²) in [5.41, 5.74) is 1.60. The van der Waals surface area contributed by atoms with Crippen molar-refractivity contribution in [2.75, 3.05) is 52.9 Å². The molecule has 0 spiro atoms. The van der Waals surface area contributed by atoms with E-state index in [1.165, 1.54) is 0 Å². The Morgan fingerprint density at radius 3 is 2.50 bits per heavy atom. The predicted octanol–water partition coefficient (Wildman–Crippen LogP) is 2.60. The highest BCUT2D eigenvalue weighted by Gasteiger charge is 2.21. The van der Waals surface area contributed by atoms with Gasteiger partial charge in [-0.05, 0) is 42.0 Å². The molecule has 9 heteroatoms. The number of carbonyl (C=O) groups excluding carboxylic acids is 1. The number of β-amino-alcohol motifs (C(OH)–C–C–N with tert-alkyl or cyclic N) is 1. The van der Waals surface area contributed by atoms with Gasteiger partial charge in [-0.3, -0.25) is 19.6 Å². The van der Waals surface area contributed by atoms with Crippen molar-refractivity contribution in [1.82, 2.24) is 20.1 Å². The van der Waals surface area contributed by atoms with Crippen molar-refractivity contribution >= 4 is 16.8 Å². The molecule has 2 heterocycles. The first-order valence-electron chi connectivity index (χ1n) is 11.2. The zero-order valence-corrected chi connectivity index (χ0v) is 19.0. The van der Waals surface area contributed by atoms with Gasteiger partial charge in [0.2, 0.25) is 0 Å². The second-order valence-corrected chi connectivity index (χ2v) is 8.36. The lowest BCUT2D eigenvalue weighted by Crippen LogP contribution is -2.49. The molecule has 1 atom stereocenters. The number of hydrogen-bond acceptors (Lipinski definition) is 6. The van der Waals surface area contributed by atoms with E-state index in [1.54, 1.807) is 13.3 Å². The minimum absolute atomic E-state index is 0.0300. The molecule has 2 aromatic carbocycles. The van der Waals surface area contributed by atoms with Crippen LogP contribution in [0.2, 0.25) is 0 Å². The van der Waals surface area contributed by atoms with E-state index in [0.29, 0.717) is 19.6 Å². The van der Waals surface area contributed by atoms with E-state index in [1.807, 2.05) is 24.3 Å². The summed E-state index contributed by atoms with van der Waals surface area (Å²) in [5.74, 6) is -1.33. The highest BCUT2D eigenvalue weighted by atomic mass is 19.1. The minimum atomic E-state index is -0.776. The molecule has 0 radical (unpaired) electrons. The summed E-state index contributed by atoms with van der Waals surface area (Å²) in [5, 5.41) is 14.5. The van der Waals surface area contributed by atoms with Crippen LogP contribution in [0.3, 0.4) is 0 Å². The Labute approximate surface area is 197 Å². The van der Waals surface area contributed by atoms with Crippen molar-refractivity contribution in [3.8, 4) is 5.75 Å². The number of nitrogens with zero attached hydrogens (tertiary/aromatic N) is 3. The van der Waals surface area contributed by atoms with Gasteiger partial charge in [0, 0.05) is 69.0 Å². The number of nitrogens with one attached hydrogen (secondary N) is 1. The van der Waals surface area contributed by atoms with Crippen LogP contribution in [0.1, 0.15) is 22.0 Å². The molecule has 0 bridgehead atoms. The topological polar surface area (TPSA) is 77.9 Å². The van der Waals surface area contributed by atoms with Crippen molar-refractivity contribution in [3.63, 3.8) is 0 Å². The number of aliphatic hydroxyl groups is 1. The summed E-state index contributed by atoms with van der Waals surface area (Å²) in [7, 11) is 1.61. The van der Waals surface area contributed by atoms with Gasteiger partial charge in [-0.25, -0.2) is 8.78 Å². The zero-order valence-electron chi connectivity index (χ0n) is 19.0. The van der Waals surface area contributed by atoms with Crippen LogP contribution in [0.25, 0.3) is 10.9 Å². The van der Waals surface area contributed by atoms with Crippen LogP contribution in [0.15, 0.2) is 48.7 Å². The molecule has 1 aromatic heterocycles. The molecule has 1 saturated heterocycles. The smallest absolute Gasteiger partial charge is 0.251 e. The van der Waals surface area contributed by atoms with E-state index < -0.39 is 23.6 Å². The molecular weight excluding hydrogens is 442 g/mol. The fourth-order valence-electron chi connectivity index (χ4n) is 4.22. The average Bonchev–Trinajstić information content (AvgIpc) is 2.83. The number of halogens is 2. The van der Waals surface area contributed by atoms with Crippen LogP contribution in [-0.4, -0.2) is 78.7 Å². The number of amides is 1. The lowest BCUT2D eigenvalue weighted by Gasteiger charge is -2.35. The van der Waals surface area contributed by atoms with Crippen molar-refractivity contribution in [1.29, 1.82) is 0 Å². The number of piperazine rings is 1. The minimum Gasteiger partial charge on any atom is -0.497 e. The molecule has 7 nitrogen and oxygen atoms in total. The Morgan fingerprint density at radius 1 is 1.09 bits per heavy atom. The number of benzene rings is 2. The van der Waals surface area contributed by atoms with Crippen LogP contribution >= 0.6 is 0 Å². The Morgan fingerprint density at radius 2 is 1.79 bits per heavy atom. The van der Waals surface area contributed by atoms with Gasteiger partial charge < -0.3 is 15.2 Å². The molecule has 2 N–H and O–H groups in total. The quantitative estimate of drug-likeness (QED) is 0.527. The Bertz CT molecular complexity index is 1130. The van der Waals surface area contributed by atoms with Crippen LogP contribution in [0.5, 0.6) is 5.75 Å². The second-order valence-electron chi connectivity index (χ2n) is 8.36. The average molecular weight is 471 g/mol. The number of ether oxygens (including phenoxy) is 1. The highest BCUT2D eigenvalue weighted by molar-refractivity contribution is 5.94. The number of fused-ring (bicyclic) bond motifs is 1. The van der Waals surface area contributed by atoms with Gasteiger partial charge in [0.25, 0.3) is 5.91 Å². The summed E-state index contributed by atoms with van der Waals surface area (Å²) >= 11 is 0. The maximum Gasteiger partial charge on any atom is 0.251 e. The predicted molar refractivity (Wildman–Crippen MR) is 125 cm³/mol. The summed E-state index contributed by atoms with van der Waals surface area (Å²) < 4.78 is 31.9. The number of carbonyl (C=O) groups is 1. The second kappa shape index (κ2) is 10.9. The van der Waals surface area contributed by atoms with E-state index in [4.69, 9.17) is 4.74 Å². The lowest BCUT2D eigenvalue weighted by atomic mass is 10.0. The third kappa shape index (κ3) is 5.85. The molecule has 180 valence electrons. The van der Waals surface area contributed by atoms with Crippen molar-refractivity contribution in [3.05, 3.63) is 71.4 Å². The Kier molecular flexibility index (Phi) is 7.66. The van der Waals surface area contributed by atoms with Crippen LogP contribution < -0.4 is 10.1 Å². The standard InChI is InChI=1S/C25H28F2N4O3/c1-34-20-2-3-23-22(15-20)21(4-5-28-23)24(32)16-31-10-8-30(9-11-31)7-6-29-25(33)17-12-18(26)14-19(27)13-17/h2-5,12-15,24,32H,6-11,16H2,1H3,(H,29,33)/t24-/m1/s1. The van der Waals surface area contributed by atoms with Crippen LogP contribution in [-0.2, 0) is 0 Å². The van der Waals surface area contributed by atoms with Crippen molar-refractivity contribution in [2.45, 2.75) is 6.10 Å². The number of hydrogen-bond donors (Lipinski definition) is 2. The Hall–Kier alpha value is -3.14. The molecule has 34 heavy (non-hydrogen) atoms. The summed E-state index contributed by atoms with van der Waals surface area (Å²) in [6.45, 7) is 4.67. The van der Waals surface area contributed by atoms with Crippen molar-refractivity contribution < 1.29 is 23.4 Å². The van der Waals surface area contributed by atoms with Gasteiger partial charge in [0.05, 0.1) is 18.7 Å². The van der Waals surface area contributed by atoms with Gasteiger partial charge in [0.1, 0.15) is 17.4 Å². The lowest BCUT2D eigenvalue weighted by molar-refractivity contribution is 0.0725. The number of rotatable bonds is 8. The molecule has 1 aliphatic heterocycles. The molecular formula is C25H28F2N4O3. The van der Waals surface area contributed by atoms with E-state index >= 15 is 0 Å². The monoisotopic (exact) mass is 470 g/mol. The molecule has 0 saturated carbocycles. The first-order valence-corrected chi connectivity index (χ1v) is 11.2. The summed E-state index contributed by atoms with van der Waals surface area (Å²) in [6, 6.07) is 10.2.